The fraction of sp³-hybridized carbons (Fsp3) is 0. The number of hydrogen-bond donors (Lipinski definition) is 2. The van der Waals surface area contributed by atoms with Crippen LogP contribution in [0, 0.1) is 5.82 Å². The van der Waals surface area contributed by atoms with Crippen molar-refractivity contribution in [3.63, 3.8) is 0 Å². The topological polar surface area (TPSA) is 85.2 Å². The Balaban J connectivity index is 1.97. The summed E-state index contributed by atoms with van der Waals surface area (Å²) in [6, 6.07) is 10.4. The number of nitrogens with two attached hydrogens (primary N) is 1. The number of anilines is 1. The summed E-state index contributed by atoms with van der Waals surface area (Å²) in [7, 11) is 0. The van der Waals surface area contributed by atoms with E-state index in [-0.39, 0.29) is 23.1 Å². The molecule has 100 valence electrons. The molecule has 1 aromatic heterocycles. The number of aromatic hydroxyl groups is 1. The smallest absolute Gasteiger partial charge is 0.258 e. The lowest BCUT2D eigenvalue weighted by Crippen LogP contribution is -1.86. The Morgan fingerprint density at radius 1 is 1.05 bits per heavy atom. The van der Waals surface area contributed by atoms with Gasteiger partial charge in [-0.25, -0.2) is 4.39 Å². The van der Waals surface area contributed by atoms with Gasteiger partial charge in [-0.05, 0) is 42.5 Å². The predicted octanol–water partition coefficient (Wildman–Crippen LogP) is 2.83. The zero-order chi connectivity index (χ0) is 14.1. The van der Waals surface area contributed by atoms with E-state index < -0.39 is 0 Å². The van der Waals surface area contributed by atoms with E-state index in [9.17, 15) is 9.50 Å². The van der Waals surface area contributed by atoms with Crippen molar-refractivity contribution in [1.82, 2.24) is 10.1 Å². The van der Waals surface area contributed by atoms with Crippen molar-refractivity contribution in [2.75, 3.05) is 5.73 Å². The number of halogens is 1. The van der Waals surface area contributed by atoms with Gasteiger partial charge >= 0.3 is 0 Å². The summed E-state index contributed by atoms with van der Waals surface area (Å²) in [5.41, 5.74) is 6.99. The molecular weight excluding hydrogens is 261 g/mol. The van der Waals surface area contributed by atoms with Crippen molar-refractivity contribution in [2.45, 2.75) is 0 Å². The zero-order valence-electron chi connectivity index (χ0n) is 10.2. The lowest BCUT2D eigenvalue weighted by atomic mass is 10.2. The highest BCUT2D eigenvalue weighted by Gasteiger charge is 2.11. The molecule has 0 atom stereocenters. The first-order valence-corrected chi connectivity index (χ1v) is 5.82. The second-order valence-electron chi connectivity index (χ2n) is 4.20. The van der Waals surface area contributed by atoms with Gasteiger partial charge in [0, 0.05) is 11.1 Å². The Labute approximate surface area is 113 Å². The molecular formula is C14H10FN3O2. The van der Waals surface area contributed by atoms with Gasteiger partial charge in [0.25, 0.3) is 5.89 Å². The maximum Gasteiger partial charge on any atom is 0.258 e. The lowest BCUT2D eigenvalue weighted by Gasteiger charge is -1.99. The van der Waals surface area contributed by atoms with Gasteiger partial charge in [0.2, 0.25) is 5.82 Å². The van der Waals surface area contributed by atoms with Crippen molar-refractivity contribution >= 4 is 5.69 Å². The number of hydrogen-bond acceptors (Lipinski definition) is 5. The molecule has 0 unspecified atom stereocenters. The summed E-state index contributed by atoms with van der Waals surface area (Å²) in [5, 5.41) is 13.4. The molecule has 0 fully saturated rings. The van der Waals surface area contributed by atoms with E-state index in [0.29, 0.717) is 17.0 Å². The molecule has 0 saturated heterocycles. The molecule has 5 nitrogen and oxygen atoms in total. The van der Waals surface area contributed by atoms with Crippen molar-refractivity contribution in [2.24, 2.45) is 0 Å². The number of nitrogen functional groups attached to an aromatic ring is 1. The van der Waals surface area contributed by atoms with E-state index in [4.69, 9.17) is 10.3 Å². The molecule has 0 amide bonds. The molecule has 3 aromatic rings. The summed E-state index contributed by atoms with van der Waals surface area (Å²) in [4.78, 5) is 4.20. The highest BCUT2D eigenvalue weighted by Crippen LogP contribution is 2.28. The molecule has 0 spiro atoms. The number of phenolic OH excluding ortho intramolecular Hbond substituents is 1. The third kappa shape index (κ3) is 2.18. The number of rotatable bonds is 2. The monoisotopic (exact) mass is 271 g/mol. The highest BCUT2D eigenvalue weighted by molar-refractivity contribution is 5.65. The van der Waals surface area contributed by atoms with Crippen LogP contribution in [0.2, 0.25) is 0 Å². The van der Waals surface area contributed by atoms with Gasteiger partial charge < -0.3 is 15.4 Å². The van der Waals surface area contributed by atoms with Crippen molar-refractivity contribution < 1.29 is 14.0 Å². The summed E-state index contributed by atoms with van der Waals surface area (Å²) in [5.74, 6) is 0.209. The summed E-state index contributed by atoms with van der Waals surface area (Å²) in [6.45, 7) is 0. The van der Waals surface area contributed by atoms with Crippen LogP contribution >= 0.6 is 0 Å². The SMILES string of the molecule is Nc1ccc(-c2nc(-c3ccc(F)cc3)no2)cc1O. The second-order valence-corrected chi connectivity index (χ2v) is 4.20. The summed E-state index contributed by atoms with van der Waals surface area (Å²) in [6.07, 6.45) is 0. The van der Waals surface area contributed by atoms with Gasteiger partial charge in [-0.1, -0.05) is 5.16 Å². The van der Waals surface area contributed by atoms with Gasteiger partial charge in [-0.15, -0.1) is 0 Å². The maximum atomic E-state index is 12.9. The summed E-state index contributed by atoms with van der Waals surface area (Å²) >= 11 is 0. The summed E-state index contributed by atoms with van der Waals surface area (Å²) < 4.78 is 18.0. The van der Waals surface area contributed by atoms with E-state index in [1.54, 1.807) is 24.3 Å². The number of aromatic nitrogens is 2. The first kappa shape index (κ1) is 12.2. The van der Waals surface area contributed by atoms with E-state index in [2.05, 4.69) is 10.1 Å². The molecule has 3 rings (SSSR count). The average Bonchev–Trinajstić information content (AvgIpc) is 2.92. The van der Waals surface area contributed by atoms with Gasteiger partial charge in [0.1, 0.15) is 11.6 Å². The van der Waals surface area contributed by atoms with Gasteiger partial charge in [-0.2, -0.15) is 4.98 Å². The predicted molar refractivity (Wildman–Crippen MR) is 71.2 cm³/mol. The standard InChI is InChI=1S/C14H10FN3O2/c15-10-4-1-8(2-5-10)13-17-14(20-18-13)9-3-6-11(16)12(19)7-9/h1-7,19H,16H2. The van der Waals surface area contributed by atoms with Crippen LogP contribution in [-0.2, 0) is 0 Å². The van der Waals surface area contributed by atoms with E-state index in [0.717, 1.165) is 0 Å². The Bertz CT molecular complexity index is 753. The fourth-order valence-electron chi connectivity index (χ4n) is 1.73. The number of phenols is 1. The van der Waals surface area contributed by atoms with Gasteiger partial charge in [0.05, 0.1) is 5.69 Å². The van der Waals surface area contributed by atoms with E-state index in [1.165, 1.54) is 18.2 Å². The molecule has 0 saturated carbocycles. The second kappa shape index (κ2) is 4.65. The average molecular weight is 271 g/mol. The quantitative estimate of drug-likeness (QED) is 0.553. The van der Waals surface area contributed by atoms with Crippen LogP contribution in [0.3, 0.4) is 0 Å². The van der Waals surface area contributed by atoms with Crippen LogP contribution in [-0.4, -0.2) is 15.2 Å². The third-order valence-corrected chi connectivity index (χ3v) is 2.81. The third-order valence-electron chi connectivity index (χ3n) is 2.81. The van der Waals surface area contributed by atoms with Gasteiger partial charge in [-0.3, -0.25) is 0 Å². The van der Waals surface area contributed by atoms with Crippen molar-refractivity contribution in [1.29, 1.82) is 0 Å². The van der Waals surface area contributed by atoms with Crippen molar-refractivity contribution in [3.8, 4) is 28.6 Å². The van der Waals surface area contributed by atoms with E-state index >= 15 is 0 Å². The molecule has 6 heteroatoms. The molecule has 0 aliphatic heterocycles. The maximum absolute atomic E-state index is 12.9. The molecule has 0 aliphatic carbocycles. The first-order chi connectivity index (χ1) is 9.63. The highest BCUT2D eigenvalue weighted by atomic mass is 19.1. The van der Waals surface area contributed by atoms with Crippen LogP contribution < -0.4 is 5.73 Å². The molecule has 20 heavy (non-hydrogen) atoms. The minimum atomic E-state index is -0.332. The number of nitrogens with zero attached hydrogens (tertiary/aromatic N) is 2. The Hall–Kier alpha value is -2.89. The Morgan fingerprint density at radius 2 is 1.75 bits per heavy atom. The van der Waals surface area contributed by atoms with Crippen LogP contribution in [0.25, 0.3) is 22.8 Å². The minimum Gasteiger partial charge on any atom is -0.506 e. The molecule has 0 bridgehead atoms. The van der Waals surface area contributed by atoms with Gasteiger partial charge in [0.15, 0.2) is 0 Å². The van der Waals surface area contributed by atoms with Crippen LogP contribution in [0.4, 0.5) is 10.1 Å². The molecule has 3 N–H and O–H groups in total. The fourth-order valence-corrected chi connectivity index (χ4v) is 1.73. The molecule has 2 aromatic carbocycles. The van der Waals surface area contributed by atoms with Crippen LogP contribution in [0.15, 0.2) is 47.0 Å². The normalized spacial score (nSPS) is 10.7. The van der Waals surface area contributed by atoms with Crippen molar-refractivity contribution in [3.05, 3.63) is 48.3 Å². The lowest BCUT2D eigenvalue weighted by molar-refractivity contribution is 0.431. The van der Waals surface area contributed by atoms with Crippen LogP contribution in [0.5, 0.6) is 5.75 Å². The zero-order valence-corrected chi connectivity index (χ0v) is 10.2. The Kier molecular flexibility index (Phi) is 2.83. The molecule has 1 heterocycles. The van der Waals surface area contributed by atoms with Crippen LogP contribution in [0.1, 0.15) is 0 Å². The number of benzene rings is 2. The molecule has 0 aliphatic rings. The molecule has 0 radical (unpaired) electrons. The minimum absolute atomic E-state index is 0.0518. The largest absolute Gasteiger partial charge is 0.506 e. The van der Waals surface area contributed by atoms with E-state index in [1.807, 2.05) is 0 Å². The first-order valence-electron chi connectivity index (χ1n) is 5.82. The Morgan fingerprint density at radius 3 is 2.45 bits per heavy atom.